The number of aromatic nitrogens is 1. The number of pyridine rings is 1. The van der Waals surface area contributed by atoms with Crippen LogP contribution in [0.1, 0.15) is 18.7 Å². The fourth-order valence-electron chi connectivity index (χ4n) is 3.27. The van der Waals surface area contributed by atoms with Gasteiger partial charge in [-0.05, 0) is 31.2 Å². The van der Waals surface area contributed by atoms with Crippen LogP contribution in [-0.4, -0.2) is 50.2 Å². The van der Waals surface area contributed by atoms with Crippen LogP contribution in [0.15, 0.2) is 48.7 Å². The number of nitrogens with zero attached hydrogens (tertiary/aromatic N) is 4. The Morgan fingerprint density at radius 2 is 1.65 bits per heavy atom. The number of anilines is 2. The smallest absolute Gasteiger partial charge is 0.0604 e. The van der Waals surface area contributed by atoms with Gasteiger partial charge in [-0.2, -0.15) is 0 Å². The molecule has 0 radical (unpaired) electrons. The number of hydrogen-bond donors (Lipinski definition) is 0. The highest BCUT2D eigenvalue weighted by molar-refractivity contribution is 5.70. The Hall–Kier alpha value is -2.07. The highest BCUT2D eigenvalue weighted by atomic mass is 15.3. The summed E-state index contributed by atoms with van der Waals surface area (Å²) in [6, 6.07) is 15.2. The lowest BCUT2D eigenvalue weighted by molar-refractivity contribution is 0.195. The Morgan fingerprint density at radius 1 is 0.957 bits per heavy atom. The van der Waals surface area contributed by atoms with Crippen molar-refractivity contribution in [2.45, 2.75) is 13.0 Å². The molecule has 1 aliphatic rings. The lowest BCUT2D eigenvalue weighted by Gasteiger charge is -2.40. The summed E-state index contributed by atoms with van der Waals surface area (Å²) in [4.78, 5) is 11.7. The summed E-state index contributed by atoms with van der Waals surface area (Å²) >= 11 is 0. The zero-order valence-electron chi connectivity index (χ0n) is 14.3. The summed E-state index contributed by atoms with van der Waals surface area (Å²) in [5.74, 6) is 0. The predicted octanol–water partition coefficient (Wildman–Crippen LogP) is 3.03. The molecule has 0 aliphatic carbocycles. The van der Waals surface area contributed by atoms with Crippen molar-refractivity contribution in [3.8, 4) is 0 Å². The molecule has 1 aliphatic heterocycles. The van der Waals surface area contributed by atoms with Crippen molar-refractivity contribution in [1.29, 1.82) is 0 Å². The van der Waals surface area contributed by atoms with Crippen LogP contribution >= 0.6 is 0 Å². The maximum atomic E-state index is 4.51. The first-order valence-corrected chi connectivity index (χ1v) is 8.33. The number of benzene rings is 1. The van der Waals surface area contributed by atoms with E-state index in [1.165, 1.54) is 11.4 Å². The van der Waals surface area contributed by atoms with Crippen LogP contribution < -0.4 is 9.80 Å². The molecule has 1 atom stereocenters. The maximum Gasteiger partial charge on any atom is 0.0604 e. The maximum absolute atomic E-state index is 4.51. The molecule has 3 rings (SSSR count). The van der Waals surface area contributed by atoms with Crippen molar-refractivity contribution in [1.82, 2.24) is 9.88 Å². The lowest BCUT2D eigenvalue weighted by Crippen LogP contribution is -2.47. The van der Waals surface area contributed by atoms with Gasteiger partial charge in [0.25, 0.3) is 0 Å². The van der Waals surface area contributed by atoms with Crippen molar-refractivity contribution in [3.63, 3.8) is 0 Å². The number of para-hydroxylation sites is 2. The van der Waals surface area contributed by atoms with Gasteiger partial charge in [-0.1, -0.05) is 18.2 Å². The second-order valence-corrected chi connectivity index (χ2v) is 6.34. The second-order valence-electron chi connectivity index (χ2n) is 6.34. The first kappa shape index (κ1) is 15.8. The van der Waals surface area contributed by atoms with E-state index in [2.05, 4.69) is 77.1 Å². The van der Waals surface area contributed by atoms with E-state index < -0.39 is 0 Å². The summed E-state index contributed by atoms with van der Waals surface area (Å²) in [5, 5.41) is 0. The van der Waals surface area contributed by atoms with Gasteiger partial charge in [0.15, 0.2) is 0 Å². The molecule has 122 valence electrons. The molecule has 23 heavy (non-hydrogen) atoms. The van der Waals surface area contributed by atoms with E-state index in [1.54, 1.807) is 0 Å². The predicted molar refractivity (Wildman–Crippen MR) is 97.2 cm³/mol. The molecule has 0 saturated carbocycles. The highest BCUT2D eigenvalue weighted by Crippen LogP contribution is 2.29. The second kappa shape index (κ2) is 7.01. The van der Waals surface area contributed by atoms with E-state index in [9.17, 15) is 0 Å². The van der Waals surface area contributed by atoms with Gasteiger partial charge in [-0.3, -0.25) is 9.88 Å². The monoisotopic (exact) mass is 310 g/mol. The van der Waals surface area contributed by atoms with Crippen molar-refractivity contribution < 1.29 is 0 Å². The van der Waals surface area contributed by atoms with Gasteiger partial charge in [0.1, 0.15) is 0 Å². The third-order valence-electron chi connectivity index (χ3n) is 4.68. The average molecular weight is 310 g/mol. The standard InChI is InChI=1S/C19H26N4/c1-16(17-8-6-7-11-20-17)22-12-14-23(15-13-22)19-10-5-4-9-18(19)21(2)3/h4-11,16H,12-15H2,1-3H3. The van der Waals surface area contributed by atoms with Crippen molar-refractivity contribution in [2.75, 3.05) is 50.1 Å². The zero-order chi connectivity index (χ0) is 16.2. The molecule has 4 heteroatoms. The van der Waals surface area contributed by atoms with E-state index in [1.807, 2.05) is 12.3 Å². The van der Waals surface area contributed by atoms with Gasteiger partial charge in [0, 0.05) is 52.5 Å². The quantitative estimate of drug-likeness (QED) is 0.866. The molecule has 4 nitrogen and oxygen atoms in total. The third kappa shape index (κ3) is 3.48. The zero-order valence-corrected chi connectivity index (χ0v) is 14.3. The first-order valence-electron chi connectivity index (χ1n) is 8.33. The molecule has 0 bridgehead atoms. The number of hydrogen-bond acceptors (Lipinski definition) is 4. The summed E-state index contributed by atoms with van der Waals surface area (Å²) in [6.45, 7) is 6.51. The SMILES string of the molecule is CC(c1ccccn1)N1CCN(c2ccccc2N(C)C)CC1. The van der Waals surface area contributed by atoms with Crippen LogP contribution in [0.4, 0.5) is 11.4 Å². The molecular weight excluding hydrogens is 284 g/mol. The van der Waals surface area contributed by atoms with Crippen molar-refractivity contribution in [3.05, 3.63) is 54.4 Å². The molecule has 0 spiro atoms. The summed E-state index contributed by atoms with van der Waals surface area (Å²) in [7, 11) is 4.22. The third-order valence-corrected chi connectivity index (χ3v) is 4.68. The van der Waals surface area contributed by atoms with E-state index in [4.69, 9.17) is 0 Å². The van der Waals surface area contributed by atoms with Gasteiger partial charge >= 0.3 is 0 Å². The van der Waals surface area contributed by atoms with E-state index >= 15 is 0 Å². The minimum absolute atomic E-state index is 0.377. The van der Waals surface area contributed by atoms with Gasteiger partial charge in [-0.25, -0.2) is 0 Å². The molecular formula is C19H26N4. The molecule has 1 saturated heterocycles. The average Bonchev–Trinajstić information content (AvgIpc) is 2.62. The van der Waals surface area contributed by atoms with Crippen LogP contribution in [0.2, 0.25) is 0 Å². The Balaban J connectivity index is 1.67. The minimum atomic E-state index is 0.377. The molecule has 2 aromatic rings. The summed E-state index contributed by atoms with van der Waals surface area (Å²) in [5.41, 5.74) is 3.79. The van der Waals surface area contributed by atoms with Crippen molar-refractivity contribution >= 4 is 11.4 Å². The Bertz CT molecular complexity index is 618. The normalized spacial score (nSPS) is 17.1. The van der Waals surface area contributed by atoms with Gasteiger partial charge in [-0.15, -0.1) is 0 Å². The lowest BCUT2D eigenvalue weighted by atomic mass is 10.1. The van der Waals surface area contributed by atoms with E-state index in [0.29, 0.717) is 6.04 Å². The molecule has 1 aromatic heterocycles. The minimum Gasteiger partial charge on any atom is -0.376 e. The van der Waals surface area contributed by atoms with Crippen molar-refractivity contribution in [2.24, 2.45) is 0 Å². The largest absolute Gasteiger partial charge is 0.376 e. The molecule has 1 aromatic carbocycles. The summed E-state index contributed by atoms with van der Waals surface area (Å²) in [6.07, 6.45) is 1.88. The fourth-order valence-corrected chi connectivity index (χ4v) is 3.27. The Kier molecular flexibility index (Phi) is 4.82. The first-order chi connectivity index (χ1) is 11.2. The molecule has 2 heterocycles. The van der Waals surface area contributed by atoms with Crippen LogP contribution in [0, 0.1) is 0 Å². The fraction of sp³-hybridized carbons (Fsp3) is 0.421. The molecule has 1 unspecified atom stereocenters. The number of rotatable bonds is 4. The van der Waals surface area contributed by atoms with Gasteiger partial charge in [0.2, 0.25) is 0 Å². The molecule has 0 N–H and O–H groups in total. The van der Waals surface area contributed by atoms with Gasteiger partial charge < -0.3 is 9.80 Å². The number of piperazine rings is 1. The Labute approximate surface area is 139 Å². The van der Waals surface area contributed by atoms with Crippen LogP contribution in [0.5, 0.6) is 0 Å². The van der Waals surface area contributed by atoms with E-state index in [-0.39, 0.29) is 0 Å². The van der Waals surface area contributed by atoms with E-state index in [0.717, 1.165) is 31.9 Å². The molecule has 1 fully saturated rings. The Morgan fingerprint density at radius 3 is 2.30 bits per heavy atom. The highest BCUT2D eigenvalue weighted by Gasteiger charge is 2.24. The van der Waals surface area contributed by atoms with Crippen LogP contribution in [-0.2, 0) is 0 Å². The topological polar surface area (TPSA) is 22.6 Å². The van der Waals surface area contributed by atoms with Gasteiger partial charge in [0.05, 0.1) is 17.1 Å². The molecule has 0 amide bonds. The van der Waals surface area contributed by atoms with Crippen LogP contribution in [0.3, 0.4) is 0 Å². The summed E-state index contributed by atoms with van der Waals surface area (Å²) < 4.78 is 0. The van der Waals surface area contributed by atoms with Crippen LogP contribution in [0.25, 0.3) is 0 Å².